The monoisotopic (exact) mass is 268 g/mol. The van der Waals surface area contributed by atoms with Gasteiger partial charge in [-0.05, 0) is 19.3 Å². The summed E-state index contributed by atoms with van der Waals surface area (Å²) in [6.07, 6.45) is 8.00. The van der Waals surface area contributed by atoms with Gasteiger partial charge in [-0.3, -0.25) is 0 Å². The first kappa shape index (κ1) is 11.9. The van der Waals surface area contributed by atoms with Crippen LogP contribution in [-0.2, 0) is 20.8 Å². The summed E-state index contributed by atoms with van der Waals surface area (Å²) < 4.78 is 0. The Bertz CT molecular complexity index is 152. The average molecular weight is 270 g/mol. The number of hydrogen-bond acceptors (Lipinski definition) is 0. The topological polar surface area (TPSA) is 0 Å². The zero-order chi connectivity index (χ0) is 8.69. The van der Waals surface area contributed by atoms with E-state index in [1.807, 2.05) is 0 Å². The summed E-state index contributed by atoms with van der Waals surface area (Å²) in [6, 6.07) is 0. The van der Waals surface area contributed by atoms with Gasteiger partial charge in [0.15, 0.2) is 0 Å². The van der Waals surface area contributed by atoms with E-state index < -0.39 is 20.8 Å². The van der Waals surface area contributed by atoms with Crippen molar-refractivity contribution in [3.05, 3.63) is 23.8 Å². The van der Waals surface area contributed by atoms with Gasteiger partial charge in [0.1, 0.15) is 0 Å². The fourth-order valence-electron chi connectivity index (χ4n) is 0.978. The summed E-state index contributed by atoms with van der Waals surface area (Å²) in [6.45, 7) is 4.36. The molecule has 0 aromatic heterocycles. The van der Waals surface area contributed by atoms with Crippen LogP contribution >= 0.6 is 17.0 Å². The van der Waals surface area contributed by atoms with Crippen molar-refractivity contribution in [1.82, 2.24) is 0 Å². The van der Waals surface area contributed by atoms with Crippen LogP contribution in [0, 0.1) is 5.92 Å². The van der Waals surface area contributed by atoms with Gasteiger partial charge in [-0.15, -0.1) is 0 Å². The molecule has 1 rings (SSSR count). The van der Waals surface area contributed by atoms with Crippen LogP contribution in [0.15, 0.2) is 23.8 Å². The van der Waals surface area contributed by atoms with Crippen LogP contribution in [0.1, 0.15) is 20.3 Å². The molecule has 0 aromatic rings. The molecule has 11 heavy (non-hydrogen) atoms. The Morgan fingerprint density at radius 1 is 1.55 bits per heavy atom. The average Bonchev–Trinajstić information content (AvgIpc) is 2.37. The van der Waals surface area contributed by atoms with Crippen molar-refractivity contribution in [2.75, 3.05) is 0 Å². The van der Waals surface area contributed by atoms with Crippen LogP contribution < -0.4 is 0 Å². The Morgan fingerprint density at radius 3 is 2.27 bits per heavy atom. The van der Waals surface area contributed by atoms with E-state index in [9.17, 15) is 0 Å². The van der Waals surface area contributed by atoms with Crippen LogP contribution in [0.5, 0.6) is 0 Å². The molecule has 1 unspecified atom stereocenters. The molecule has 0 N–H and O–H groups in total. The normalized spacial score (nSPS) is 20.4. The molecule has 0 aromatic carbocycles. The standard InChI is InChI=1S/C8H12.2ClH.Zr/c1-3-8-5-4-7(2)6-8;;;/h4-6,8H,3H2,1-2H3;2*1H;/q;;;+2/p-2. The Hall–Kier alpha value is 0.943. The third kappa shape index (κ3) is 6.14. The third-order valence-corrected chi connectivity index (χ3v) is 1.55. The summed E-state index contributed by atoms with van der Waals surface area (Å²) in [5.41, 5.74) is 1.41. The van der Waals surface area contributed by atoms with Gasteiger partial charge in [0, 0.05) is 0 Å². The van der Waals surface area contributed by atoms with E-state index in [1.165, 1.54) is 12.0 Å². The molecule has 0 amide bonds. The van der Waals surface area contributed by atoms with Crippen LogP contribution in [0.25, 0.3) is 0 Å². The summed E-state index contributed by atoms with van der Waals surface area (Å²) >= 11 is -0.826. The van der Waals surface area contributed by atoms with Gasteiger partial charge in [0.05, 0.1) is 0 Å². The molecule has 0 saturated carbocycles. The second-order valence-electron chi connectivity index (χ2n) is 2.41. The fraction of sp³-hybridized carbons (Fsp3) is 0.500. The summed E-state index contributed by atoms with van der Waals surface area (Å²) in [4.78, 5) is 0. The first-order valence-electron chi connectivity index (χ1n) is 3.57. The molecule has 0 nitrogen and oxygen atoms in total. The van der Waals surface area contributed by atoms with Crippen molar-refractivity contribution in [1.29, 1.82) is 0 Å². The number of allylic oxidation sites excluding steroid dienone is 4. The van der Waals surface area contributed by atoms with E-state index in [0.29, 0.717) is 0 Å². The predicted octanol–water partition coefficient (Wildman–Crippen LogP) is 3.91. The molecule has 0 fully saturated rings. The van der Waals surface area contributed by atoms with E-state index in [1.54, 1.807) is 0 Å². The maximum absolute atomic E-state index is 4.93. The van der Waals surface area contributed by atoms with E-state index in [-0.39, 0.29) is 0 Å². The second-order valence-corrected chi connectivity index (χ2v) is 6.15. The minimum absolute atomic E-state index is 0.731. The molecule has 3 heteroatoms. The second kappa shape index (κ2) is 7.58. The quantitative estimate of drug-likeness (QED) is 0.678. The zero-order valence-corrected chi connectivity index (χ0v) is 10.7. The van der Waals surface area contributed by atoms with Crippen molar-refractivity contribution in [2.24, 2.45) is 5.92 Å². The van der Waals surface area contributed by atoms with Crippen molar-refractivity contribution in [3.63, 3.8) is 0 Å². The predicted molar refractivity (Wildman–Crippen MR) is 48.4 cm³/mol. The molecule has 62 valence electrons. The molecular weight excluding hydrogens is 258 g/mol. The molecule has 0 aliphatic heterocycles. The molecule has 0 saturated heterocycles. The number of rotatable bonds is 1. The van der Waals surface area contributed by atoms with Gasteiger partial charge < -0.3 is 0 Å². The SMILES string of the molecule is CCC1C=CC(C)=C1.[Cl][Zr][Cl]. The maximum atomic E-state index is 4.93. The van der Waals surface area contributed by atoms with Gasteiger partial charge in [-0.25, -0.2) is 0 Å². The van der Waals surface area contributed by atoms with Crippen LogP contribution in [0.4, 0.5) is 0 Å². The molecule has 1 aliphatic rings. The Morgan fingerprint density at radius 2 is 2.09 bits per heavy atom. The Labute approximate surface area is 87.3 Å². The molecule has 1 atom stereocenters. The molecule has 0 spiro atoms. The van der Waals surface area contributed by atoms with E-state index >= 15 is 0 Å². The molecular formula is C8H12Cl2Zr. The number of halogens is 2. The van der Waals surface area contributed by atoms with E-state index in [4.69, 9.17) is 17.0 Å². The number of hydrogen-bond donors (Lipinski definition) is 0. The fourth-order valence-corrected chi connectivity index (χ4v) is 0.978. The van der Waals surface area contributed by atoms with Crippen molar-refractivity contribution in [2.45, 2.75) is 20.3 Å². The van der Waals surface area contributed by atoms with Crippen molar-refractivity contribution in [3.8, 4) is 0 Å². The van der Waals surface area contributed by atoms with Gasteiger partial charge in [-0.1, -0.05) is 30.7 Å². The van der Waals surface area contributed by atoms with Gasteiger partial charge in [-0.2, -0.15) is 0 Å². The van der Waals surface area contributed by atoms with Gasteiger partial charge in [0.25, 0.3) is 0 Å². The Balaban J connectivity index is 0.000000292. The van der Waals surface area contributed by atoms with Crippen molar-refractivity contribution < 1.29 is 20.8 Å². The zero-order valence-electron chi connectivity index (χ0n) is 6.77. The van der Waals surface area contributed by atoms with E-state index in [0.717, 1.165) is 5.92 Å². The Kier molecular flexibility index (Phi) is 8.24. The minimum atomic E-state index is -0.826. The van der Waals surface area contributed by atoms with Crippen molar-refractivity contribution >= 4 is 17.0 Å². The molecule has 0 heterocycles. The van der Waals surface area contributed by atoms with Gasteiger partial charge >= 0.3 is 37.9 Å². The van der Waals surface area contributed by atoms with Gasteiger partial charge in [0.2, 0.25) is 0 Å². The summed E-state index contributed by atoms with van der Waals surface area (Å²) in [5, 5.41) is 0. The third-order valence-electron chi connectivity index (χ3n) is 1.55. The molecule has 0 bridgehead atoms. The van der Waals surface area contributed by atoms with Crippen LogP contribution in [-0.4, -0.2) is 0 Å². The molecule has 0 radical (unpaired) electrons. The summed E-state index contributed by atoms with van der Waals surface area (Å²) in [5.74, 6) is 0.731. The molecule has 1 aliphatic carbocycles. The van der Waals surface area contributed by atoms with Crippen LogP contribution in [0.3, 0.4) is 0 Å². The van der Waals surface area contributed by atoms with Crippen LogP contribution in [0.2, 0.25) is 0 Å². The summed E-state index contributed by atoms with van der Waals surface area (Å²) in [7, 11) is 9.87. The van der Waals surface area contributed by atoms with E-state index in [2.05, 4.69) is 32.1 Å². The first-order valence-corrected chi connectivity index (χ1v) is 9.90. The first-order chi connectivity index (χ1) is 5.24.